The summed E-state index contributed by atoms with van der Waals surface area (Å²) in [6.07, 6.45) is 0.432. The highest BCUT2D eigenvalue weighted by atomic mass is 19.1. The number of nitrogens with zero attached hydrogens (tertiary/aromatic N) is 1. The van der Waals surface area contributed by atoms with E-state index in [0.29, 0.717) is 32.5 Å². The fourth-order valence-corrected chi connectivity index (χ4v) is 1.89. The predicted octanol–water partition coefficient (Wildman–Crippen LogP) is 1.70. The minimum Gasteiger partial charge on any atom is -0.444 e. The monoisotopic (exact) mass is 276 g/mol. The first-order chi connectivity index (χ1) is 8.83. The van der Waals surface area contributed by atoms with Gasteiger partial charge >= 0.3 is 6.09 Å². The zero-order valence-electron chi connectivity index (χ0n) is 12.0. The Kier molecular flexibility index (Phi) is 6.00. The van der Waals surface area contributed by atoms with Crippen LogP contribution in [0.1, 0.15) is 33.6 Å². The standard InChI is InChI=1S/C13H25FN2O3/c1-13(2,3)19-12(17)16-7-5-10(15)11(9-16)18-8-4-6-14/h10-11H,4-9,15H2,1-3H3/t10-,11+/m0/s1. The maximum Gasteiger partial charge on any atom is 0.410 e. The maximum absolute atomic E-state index is 12.0. The molecule has 1 rings (SSSR count). The van der Waals surface area contributed by atoms with Crippen molar-refractivity contribution in [3.05, 3.63) is 0 Å². The molecule has 0 saturated carbocycles. The van der Waals surface area contributed by atoms with E-state index < -0.39 is 12.3 Å². The van der Waals surface area contributed by atoms with E-state index in [9.17, 15) is 9.18 Å². The summed E-state index contributed by atoms with van der Waals surface area (Å²) in [4.78, 5) is 13.5. The third kappa shape index (κ3) is 5.74. The van der Waals surface area contributed by atoms with Crippen molar-refractivity contribution in [2.45, 2.75) is 51.4 Å². The molecule has 6 heteroatoms. The van der Waals surface area contributed by atoms with Gasteiger partial charge in [0, 0.05) is 19.2 Å². The van der Waals surface area contributed by atoms with E-state index in [0.717, 1.165) is 0 Å². The number of ether oxygens (including phenoxy) is 2. The summed E-state index contributed by atoms with van der Waals surface area (Å²) in [5.74, 6) is 0. The number of piperidine rings is 1. The van der Waals surface area contributed by atoms with E-state index in [-0.39, 0.29) is 18.2 Å². The zero-order valence-corrected chi connectivity index (χ0v) is 12.0. The van der Waals surface area contributed by atoms with E-state index in [1.165, 1.54) is 0 Å². The normalized spacial score (nSPS) is 24.4. The number of hydrogen-bond donors (Lipinski definition) is 1. The van der Waals surface area contributed by atoms with Crippen molar-refractivity contribution in [2.24, 2.45) is 5.73 Å². The van der Waals surface area contributed by atoms with E-state index >= 15 is 0 Å². The van der Waals surface area contributed by atoms with E-state index in [4.69, 9.17) is 15.2 Å². The fraction of sp³-hybridized carbons (Fsp3) is 0.923. The van der Waals surface area contributed by atoms with Gasteiger partial charge in [-0.2, -0.15) is 0 Å². The van der Waals surface area contributed by atoms with Crippen LogP contribution in [0.25, 0.3) is 0 Å². The van der Waals surface area contributed by atoms with Gasteiger partial charge in [-0.25, -0.2) is 4.79 Å². The van der Waals surface area contributed by atoms with Crippen LogP contribution in [-0.4, -0.2) is 55.1 Å². The molecule has 0 aromatic carbocycles. The second-order valence-corrected chi connectivity index (χ2v) is 5.83. The van der Waals surface area contributed by atoms with Gasteiger partial charge in [-0.1, -0.05) is 0 Å². The highest BCUT2D eigenvalue weighted by molar-refractivity contribution is 5.68. The zero-order chi connectivity index (χ0) is 14.5. The Bertz CT molecular complexity index is 294. The van der Waals surface area contributed by atoms with Crippen LogP contribution in [0.3, 0.4) is 0 Å². The molecule has 19 heavy (non-hydrogen) atoms. The van der Waals surface area contributed by atoms with Gasteiger partial charge in [-0.3, -0.25) is 4.39 Å². The van der Waals surface area contributed by atoms with Gasteiger partial charge in [0.05, 0.1) is 19.3 Å². The lowest BCUT2D eigenvalue weighted by Gasteiger charge is -2.37. The van der Waals surface area contributed by atoms with Crippen molar-refractivity contribution in [2.75, 3.05) is 26.4 Å². The quantitative estimate of drug-likeness (QED) is 0.794. The van der Waals surface area contributed by atoms with Gasteiger partial charge in [0.1, 0.15) is 5.60 Å². The Morgan fingerprint density at radius 3 is 2.74 bits per heavy atom. The molecule has 2 atom stereocenters. The molecule has 0 unspecified atom stereocenters. The van der Waals surface area contributed by atoms with E-state index in [2.05, 4.69) is 0 Å². The lowest BCUT2D eigenvalue weighted by Crippen LogP contribution is -2.54. The number of amides is 1. The Labute approximate surface area is 114 Å². The summed E-state index contributed by atoms with van der Waals surface area (Å²) in [5, 5.41) is 0. The van der Waals surface area contributed by atoms with Gasteiger partial charge < -0.3 is 20.1 Å². The van der Waals surface area contributed by atoms with Crippen LogP contribution in [0.15, 0.2) is 0 Å². The van der Waals surface area contributed by atoms with Crippen LogP contribution in [0.4, 0.5) is 9.18 Å². The molecule has 1 heterocycles. The first-order valence-corrected chi connectivity index (χ1v) is 6.74. The Hall–Kier alpha value is -0.880. The number of carbonyl (C=O) groups is 1. The second-order valence-electron chi connectivity index (χ2n) is 5.83. The Balaban J connectivity index is 2.46. The van der Waals surface area contributed by atoms with Crippen LogP contribution >= 0.6 is 0 Å². The molecular weight excluding hydrogens is 251 g/mol. The first-order valence-electron chi connectivity index (χ1n) is 6.74. The van der Waals surface area contributed by atoms with Crippen LogP contribution in [-0.2, 0) is 9.47 Å². The summed E-state index contributed by atoms with van der Waals surface area (Å²) in [6.45, 7) is 6.39. The number of alkyl halides is 1. The average Bonchev–Trinajstić information content (AvgIpc) is 2.29. The summed E-state index contributed by atoms with van der Waals surface area (Å²) in [6, 6.07) is -0.113. The molecule has 1 amide bonds. The van der Waals surface area contributed by atoms with Crippen LogP contribution in [0, 0.1) is 0 Å². The maximum atomic E-state index is 12.0. The van der Waals surface area contributed by atoms with Crippen LogP contribution in [0.2, 0.25) is 0 Å². The van der Waals surface area contributed by atoms with Crippen molar-refractivity contribution in [1.82, 2.24) is 4.90 Å². The Morgan fingerprint density at radius 1 is 1.47 bits per heavy atom. The molecule has 0 aromatic rings. The molecule has 0 aliphatic carbocycles. The second kappa shape index (κ2) is 7.05. The highest BCUT2D eigenvalue weighted by Gasteiger charge is 2.32. The van der Waals surface area contributed by atoms with Gasteiger partial charge in [-0.15, -0.1) is 0 Å². The van der Waals surface area contributed by atoms with Crippen molar-refractivity contribution in [3.8, 4) is 0 Å². The summed E-state index contributed by atoms with van der Waals surface area (Å²) >= 11 is 0. The molecule has 0 spiro atoms. The fourth-order valence-electron chi connectivity index (χ4n) is 1.89. The molecular formula is C13H25FN2O3. The van der Waals surface area contributed by atoms with Gasteiger partial charge in [-0.05, 0) is 33.6 Å². The van der Waals surface area contributed by atoms with Crippen molar-refractivity contribution in [3.63, 3.8) is 0 Å². The lowest BCUT2D eigenvalue weighted by atomic mass is 10.0. The van der Waals surface area contributed by atoms with Crippen molar-refractivity contribution in [1.29, 1.82) is 0 Å². The predicted molar refractivity (Wildman–Crippen MR) is 70.7 cm³/mol. The number of likely N-dealkylation sites (tertiary alicyclic amines) is 1. The minimum atomic E-state index is -0.513. The first kappa shape index (κ1) is 16.2. The van der Waals surface area contributed by atoms with E-state index in [1.54, 1.807) is 4.90 Å². The number of nitrogens with two attached hydrogens (primary N) is 1. The molecule has 1 saturated heterocycles. The third-order valence-electron chi connectivity index (χ3n) is 2.87. The summed E-state index contributed by atoms with van der Waals surface area (Å²) in [7, 11) is 0. The Morgan fingerprint density at radius 2 is 2.16 bits per heavy atom. The molecule has 0 aromatic heterocycles. The molecule has 1 fully saturated rings. The molecule has 0 radical (unpaired) electrons. The number of hydrogen-bond acceptors (Lipinski definition) is 4. The molecule has 1 aliphatic heterocycles. The molecule has 5 nitrogen and oxygen atoms in total. The van der Waals surface area contributed by atoms with Gasteiger partial charge in [0.2, 0.25) is 0 Å². The van der Waals surface area contributed by atoms with Crippen molar-refractivity contribution >= 4 is 6.09 Å². The van der Waals surface area contributed by atoms with E-state index in [1.807, 2.05) is 20.8 Å². The smallest absolute Gasteiger partial charge is 0.410 e. The lowest BCUT2D eigenvalue weighted by molar-refractivity contribution is -0.0295. The number of halogens is 1. The van der Waals surface area contributed by atoms with Crippen molar-refractivity contribution < 1.29 is 18.7 Å². The van der Waals surface area contributed by atoms with Gasteiger partial charge in [0.25, 0.3) is 0 Å². The largest absolute Gasteiger partial charge is 0.444 e. The third-order valence-corrected chi connectivity index (χ3v) is 2.87. The summed E-state index contributed by atoms with van der Waals surface area (Å²) in [5.41, 5.74) is 5.44. The number of rotatable bonds is 4. The minimum absolute atomic E-state index is 0.113. The molecule has 112 valence electrons. The molecule has 1 aliphatic rings. The van der Waals surface area contributed by atoms with Crippen LogP contribution < -0.4 is 5.73 Å². The molecule has 0 bridgehead atoms. The number of carbonyl (C=O) groups excluding carboxylic acids is 1. The summed E-state index contributed by atoms with van der Waals surface area (Å²) < 4.78 is 22.9. The van der Waals surface area contributed by atoms with Gasteiger partial charge in [0.15, 0.2) is 0 Å². The topological polar surface area (TPSA) is 64.8 Å². The van der Waals surface area contributed by atoms with Crippen LogP contribution in [0.5, 0.6) is 0 Å². The highest BCUT2D eigenvalue weighted by Crippen LogP contribution is 2.17. The average molecular weight is 276 g/mol. The SMILES string of the molecule is CC(C)(C)OC(=O)N1CC[C@H](N)[C@H](OCCCF)C1. The molecule has 2 N–H and O–H groups in total.